The second-order valence-corrected chi connectivity index (χ2v) is 6.76. The Morgan fingerprint density at radius 1 is 1.12 bits per heavy atom. The standard InChI is InChI=1S/C21H17F4N3O4/c22-14-2-1-3-15(8-14)28-20(32)17(19(31)26-10-16(30)11-29)9-18(27-28)12-4-6-13(7-5-12)21(23,24)25/h1-9,16,29-30H,10-11H2,(H,26,31). The van der Waals surface area contributed by atoms with Crippen LogP contribution in [0.5, 0.6) is 0 Å². The van der Waals surface area contributed by atoms with E-state index in [9.17, 15) is 32.3 Å². The lowest BCUT2D eigenvalue weighted by atomic mass is 10.1. The Morgan fingerprint density at radius 2 is 1.81 bits per heavy atom. The van der Waals surface area contributed by atoms with E-state index in [0.29, 0.717) is 0 Å². The summed E-state index contributed by atoms with van der Waals surface area (Å²) in [5, 5.41) is 24.7. The lowest BCUT2D eigenvalue weighted by Gasteiger charge is -2.13. The third kappa shape index (κ3) is 5.18. The summed E-state index contributed by atoms with van der Waals surface area (Å²) in [5.41, 5.74) is -2.10. The van der Waals surface area contributed by atoms with Crippen LogP contribution in [0.3, 0.4) is 0 Å². The Bertz CT molecular complexity index is 1180. The molecule has 2 aromatic carbocycles. The number of alkyl halides is 3. The van der Waals surface area contributed by atoms with Gasteiger partial charge in [0, 0.05) is 12.1 Å². The van der Waals surface area contributed by atoms with Gasteiger partial charge in [-0.2, -0.15) is 23.0 Å². The molecule has 3 aromatic rings. The molecule has 0 aliphatic rings. The number of hydrogen-bond acceptors (Lipinski definition) is 5. The van der Waals surface area contributed by atoms with E-state index >= 15 is 0 Å². The van der Waals surface area contributed by atoms with E-state index in [1.807, 2.05) is 0 Å². The van der Waals surface area contributed by atoms with Crippen molar-refractivity contribution in [3.05, 3.63) is 81.9 Å². The minimum absolute atomic E-state index is 0.00629. The molecule has 1 amide bonds. The summed E-state index contributed by atoms with van der Waals surface area (Å²) in [6, 6.07) is 9.82. The van der Waals surface area contributed by atoms with Crippen molar-refractivity contribution >= 4 is 5.91 Å². The van der Waals surface area contributed by atoms with Crippen LogP contribution in [0.15, 0.2) is 59.4 Å². The zero-order valence-corrected chi connectivity index (χ0v) is 16.3. The predicted octanol–water partition coefficient (Wildman–Crippen LogP) is 2.14. The van der Waals surface area contributed by atoms with E-state index in [4.69, 9.17) is 5.11 Å². The van der Waals surface area contributed by atoms with E-state index in [0.717, 1.165) is 47.1 Å². The van der Waals surface area contributed by atoms with Crippen molar-refractivity contribution in [3.63, 3.8) is 0 Å². The highest BCUT2D eigenvalue weighted by atomic mass is 19.4. The summed E-state index contributed by atoms with van der Waals surface area (Å²) in [6.07, 6.45) is -5.81. The number of halogens is 4. The van der Waals surface area contributed by atoms with Gasteiger partial charge in [-0.1, -0.05) is 18.2 Å². The average Bonchev–Trinajstić information content (AvgIpc) is 2.76. The zero-order chi connectivity index (χ0) is 23.5. The molecule has 0 saturated heterocycles. The first-order valence-electron chi connectivity index (χ1n) is 9.25. The molecule has 0 aliphatic carbocycles. The SMILES string of the molecule is O=C(NCC(O)CO)c1cc(-c2ccc(C(F)(F)F)cc2)nn(-c2cccc(F)c2)c1=O. The van der Waals surface area contributed by atoms with Crippen molar-refractivity contribution < 1.29 is 32.6 Å². The second-order valence-electron chi connectivity index (χ2n) is 6.76. The highest BCUT2D eigenvalue weighted by Crippen LogP contribution is 2.30. The van der Waals surface area contributed by atoms with Crippen LogP contribution in [0.1, 0.15) is 15.9 Å². The van der Waals surface area contributed by atoms with Gasteiger partial charge in [-0.25, -0.2) is 4.39 Å². The minimum Gasteiger partial charge on any atom is -0.394 e. The molecular weight excluding hydrogens is 434 g/mol. The lowest BCUT2D eigenvalue weighted by molar-refractivity contribution is -0.137. The molecule has 32 heavy (non-hydrogen) atoms. The summed E-state index contributed by atoms with van der Waals surface area (Å²) >= 11 is 0. The summed E-state index contributed by atoms with van der Waals surface area (Å²) in [4.78, 5) is 25.4. The Morgan fingerprint density at radius 3 is 2.41 bits per heavy atom. The Hall–Kier alpha value is -3.57. The molecule has 0 fully saturated rings. The van der Waals surface area contributed by atoms with Crippen molar-refractivity contribution in [2.75, 3.05) is 13.2 Å². The second kappa shape index (κ2) is 9.28. The van der Waals surface area contributed by atoms with Crippen molar-refractivity contribution in [1.82, 2.24) is 15.1 Å². The van der Waals surface area contributed by atoms with Crippen molar-refractivity contribution in [1.29, 1.82) is 0 Å². The molecule has 7 nitrogen and oxygen atoms in total. The van der Waals surface area contributed by atoms with Gasteiger partial charge in [0.2, 0.25) is 0 Å². The topological polar surface area (TPSA) is 104 Å². The van der Waals surface area contributed by atoms with Gasteiger partial charge in [0.15, 0.2) is 0 Å². The van der Waals surface area contributed by atoms with Gasteiger partial charge in [0.05, 0.1) is 29.7 Å². The average molecular weight is 451 g/mol. The maximum atomic E-state index is 13.7. The number of nitrogens with zero attached hydrogens (tertiary/aromatic N) is 2. The maximum absolute atomic E-state index is 13.7. The number of hydrogen-bond donors (Lipinski definition) is 3. The monoisotopic (exact) mass is 451 g/mol. The van der Waals surface area contributed by atoms with Crippen LogP contribution in [0, 0.1) is 5.82 Å². The largest absolute Gasteiger partial charge is 0.416 e. The number of benzene rings is 2. The minimum atomic E-state index is -4.55. The van der Waals surface area contributed by atoms with Crippen LogP contribution in [-0.2, 0) is 6.18 Å². The highest BCUT2D eigenvalue weighted by Gasteiger charge is 2.30. The van der Waals surface area contributed by atoms with Crippen molar-refractivity contribution in [2.24, 2.45) is 0 Å². The normalized spacial score (nSPS) is 12.4. The molecule has 168 valence electrons. The number of carbonyl (C=O) groups is 1. The Kier molecular flexibility index (Phi) is 6.70. The molecule has 11 heteroatoms. The molecule has 1 aromatic heterocycles. The quantitative estimate of drug-likeness (QED) is 0.499. The molecule has 0 bridgehead atoms. The van der Waals surface area contributed by atoms with E-state index in [1.54, 1.807) is 0 Å². The first-order valence-corrected chi connectivity index (χ1v) is 9.25. The number of nitrogens with one attached hydrogen (secondary N) is 1. The molecule has 1 atom stereocenters. The Labute approximate surface area is 178 Å². The molecule has 0 aliphatic heterocycles. The summed E-state index contributed by atoms with van der Waals surface area (Å²) in [5.74, 6) is -1.59. The molecule has 0 spiro atoms. The smallest absolute Gasteiger partial charge is 0.394 e. The fraction of sp³-hybridized carbons (Fsp3) is 0.190. The van der Waals surface area contributed by atoms with Crippen LogP contribution in [0.2, 0.25) is 0 Å². The maximum Gasteiger partial charge on any atom is 0.416 e. The van der Waals surface area contributed by atoms with Gasteiger partial charge >= 0.3 is 6.18 Å². The van der Waals surface area contributed by atoms with Gasteiger partial charge in [-0.3, -0.25) is 9.59 Å². The molecule has 1 unspecified atom stereocenters. The molecule has 1 heterocycles. The number of carbonyl (C=O) groups excluding carboxylic acids is 1. The van der Waals surface area contributed by atoms with Crippen molar-refractivity contribution in [2.45, 2.75) is 12.3 Å². The number of aliphatic hydroxyl groups is 2. The van der Waals surface area contributed by atoms with E-state index in [1.165, 1.54) is 12.1 Å². The molecule has 3 rings (SSSR count). The first-order chi connectivity index (χ1) is 15.1. The van der Waals surface area contributed by atoms with E-state index < -0.39 is 47.3 Å². The number of rotatable bonds is 6. The van der Waals surface area contributed by atoms with E-state index in [2.05, 4.69) is 10.4 Å². The highest BCUT2D eigenvalue weighted by molar-refractivity contribution is 5.94. The van der Waals surface area contributed by atoms with Crippen LogP contribution in [-0.4, -0.2) is 45.2 Å². The third-order valence-corrected chi connectivity index (χ3v) is 4.43. The molecular formula is C21H17F4N3O4. The van der Waals surface area contributed by atoms with Gasteiger partial charge in [0.1, 0.15) is 11.4 Å². The number of aromatic nitrogens is 2. The van der Waals surface area contributed by atoms with Crippen LogP contribution in [0.25, 0.3) is 16.9 Å². The molecule has 3 N–H and O–H groups in total. The third-order valence-electron chi connectivity index (χ3n) is 4.43. The summed E-state index contributed by atoms with van der Waals surface area (Å²) < 4.78 is 53.0. The number of amides is 1. The van der Waals surface area contributed by atoms with Gasteiger partial charge in [-0.05, 0) is 36.4 Å². The fourth-order valence-electron chi connectivity index (χ4n) is 2.78. The Balaban J connectivity index is 2.12. The summed E-state index contributed by atoms with van der Waals surface area (Å²) in [7, 11) is 0. The molecule has 0 radical (unpaired) electrons. The van der Waals surface area contributed by atoms with Crippen LogP contribution < -0.4 is 10.9 Å². The fourth-order valence-corrected chi connectivity index (χ4v) is 2.78. The van der Waals surface area contributed by atoms with Gasteiger partial charge in [-0.15, -0.1) is 0 Å². The van der Waals surface area contributed by atoms with Crippen molar-refractivity contribution in [3.8, 4) is 16.9 Å². The van der Waals surface area contributed by atoms with Gasteiger partial charge in [0.25, 0.3) is 11.5 Å². The predicted molar refractivity (Wildman–Crippen MR) is 106 cm³/mol. The first kappa shape index (κ1) is 23.1. The lowest BCUT2D eigenvalue weighted by Crippen LogP contribution is -2.38. The summed E-state index contributed by atoms with van der Waals surface area (Å²) in [6.45, 7) is -0.979. The van der Waals surface area contributed by atoms with Gasteiger partial charge < -0.3 is 15.5 Å². The number of aliphatic hydroxyl groups excluding tert-OH is 2. The van der Waals surface area contributed by atoms with Crippen LogP contribution >= 0.6 is 0 Å². The van der Waals surface area contributed by atoms with Crippen LogP contribution in [0.4, 0.5) is 17.6 Å². The van der Waals surface area contributed by atoms with E-state index in [-0.39, 0.29) is 23.5 Å². The molecule has 0 saturated carbocycles. The zero-order valence-electron chi connectivity index (χ0n) is 16.3.